The summed E-state index contributed by atoms with van der Waals surface area (Å²) >= 11 is 1.84. The zero-order valence-electron chi connectivity index (χ0n) is 42.9. The first kappa shape index (κ1) is 32.2. The van der Waals surface area contributed by atoms with Crippen LogP contribution in [0.25, 0.3) is 131 Å². The summed E-state index contributed by atoms with van der Waals surface area (Å²) in [6.45, 7) is 0. The summed E-state index contributed by atoms with van der Waals surface area (Å²) < 4.78 is 61.0. The molecule has 3 heteroatoms. The van der Waals surface area contributed by atoms with E-state index in [0.717, 1.165) is 44.2 Å². The molecule has 13 rings (SSSR count). The Balaban J connectivity index is 1.01. The van der Waals surface area contributed by atoms with Crippen molar-refractivity contribution < 1.29 is 9.60 Å². The largest absolute Gasteiger partial charge is 0.254 e. The molecule has 10 aromatic carbocycles. The second-order valence-corrected chi connectivity index (χ2v) is 17.6. The van der Waals surface area contributed by atoms with E-state index in [0.29, 0.717) is 5.56 Å². The van der Waals surface area contributed by atoms with Crippen molar-refractivity contribution in [3.05, 3.63) is 243 Å². The van der Waals surface area contributed by atoms with Gasteiger partial charge < -0.3 is 0 Å². The summed E-state index contributed by atoms with van der Waals surface area (Å²) in [5.41, 5.74) is 12.0. The van der Waals surface area contributed by atoms with E-state index in [9.17, 15) is 1.37 Å². The number of nitrogens with zero attached hydrogens (tertiary/aromatic N) is 2. The highest BCUT2D eigenvalue weighted by Gasteiger charge is 2.27. The topological polar surface area (TPSA) is 25.8 Å². The highest BCUT2D eigenvalue weighted by atomic mass is 32.1. The summed E-state index contributed by atoms with van der Waals surface area (Å²) in [5.74, 6) is 0. The number of rotatable bonds is 7. The van der Waals surface area contributed by atoms with Crippen molar-refractivity contribution in [2.75, 3.05) is 0 Å². The van der Waals surface area contributed by atoms with Gasteiger partial charge in [-0.05, 0) is 83.3 Å². The molecule has 0 bridgehead atoms. The molecule has 67 heavy (non-hydrogen) atoms. The number of thiophene rings is 1. The third kappa shape index (κ3) is 6.55. The Bertz CT molecular complexity index is 4370. The van der Waals surface area contributed by atoms with Crippen molar-refractivity contribution in [3.63, 3.8) is 0 Å². The van der Waals surface area contributed by atoms with Crippen LogP contribution in [-0.2, 0) is 0 Å². The first-order valence-electron chi connectivity index (χ1n) is 25.7. The van der Waals surface area contributed by atoms with Gasteiger partial charge in [0, 0.05) is 49.0 Å². The lowest BCUT2D eigenvalue weighted by molar-refractivity contribution is 1.37. The van der Waals surface area contributed by atoms with E-state index >= 15 is 0 Å². The summed E-state index contributed by atoms with van der Waals surface area (Å²) in [7, 11) is 0. The number of benzene rings is 10. The van der Waals surface area contributed by atoms with Gasteiger partial charge in [0.2, 0.25) is 0 Å². The Kier molecular flexibility index (Phi) is 7.78. The number of pyridine rings is 2. The lowest BCUT2D eigenvalue weighted by atomic mass is 9.85. The normalized spacial score (nSPS) is 13.0. The van der Waals surface area contributed by atoms with E-state index in [2.05, 4.69) is 169 Å². The molecule has 3 aromatic heterocycles. The van der Waals surface area contributed by atoms with Crippen molar-refractivity contribution in [1.29, 1.82) is 0 Å². The zero-order valence-corrected chi connectivity index (χ0v) is 36.7. The van der Waals surface area contributed by atoms with Gasteiger partial charge in [-0.25, -0.2) is 4.98 Å². The number of hydrogen-bond donors (Lipinski definition) is 0. The van der Waals surface area contributed by atoms with Gasteiger partial charge in [-0.15, -0.1) is 11.3 Å². The number of fused-ring (bicyclic) bond motifs is 6. The molecule has 0 aliphatic heterocycles. The third-order valence-corrected chi connectivity index (χ3v) is 14.1. The van der Waals surface area contributed by atoms with Crippen molar-refractivity contribution >= 4 is 65.5 Å². The van der Waals surface area contributed by atoms with Gasteiger partial charge in [-0.3, -0.25) is 4.98 Å². The first-order chi connectivity index (χ1) is 36.2. The van der Waals surface area contributed by atoms with Crippen LogP contribution in [0.1, 0.15) is 9.60 Å². The minimum Gasteiger partial charge on any atom is -0.254 e. The standard InChI is InChI=1S/C64H40N2S/c1-4-17-42(18-5-1)57-52-26-12-14-28-54(52)60(55-29-15-13-27-53(55)57)64-59(43-19-6-2-7-20-43)58(63(67-64)47-21-8-3-9-22-47)44-32-30-41(31-33-44)48-37-38-51(50-25-11-10-24-49(48)50)56-39-36-46-35-34-45-23-16-40-65-61(45)62(46)66-56/h1-40H/i16D,23D,34D,35D,36D,39D,40D. The molecule has 0 spiro atoms. The van der Waals surface area contributed by atoms with Crippen LogP contribution in [0.3, 0.4) is 0 Å². The maximum Gasteiger partial charge on any atom is 0.0972 e. The molecule has 3 heterocycles. The number of hydrogen-bond acceptors (Lipinski definition) is 3. The van der Waals surface area contributed by atoms with Gasteiger partial charge in [0.05, 0.1) is 26.3 Å². The molecule has 0 radical (unpaired) electrons. The van der Waals surface area contributed by atoms with Gasteiger partial charge in [0.1, 0.15) is 0 Å². The predicted molar refractivity (Wildman–Crippen MR) is 285 cm³/mol. The Labute approximate surface area is 402 Å². The fraction of sp³-hybridized carbons (Fsp3) is 0. The summed E-state index contributed by atoms with van der Waals surface area (Å²) in [4.78, 5) is 11.5. The maximum absolute atomic E-state index is 9.23. The van der Waals surface area contributed by atoms with Crippen molar-refractivity contribution in [2.24, 2.45) is 0 Å². The summed E-state index contributed by atoms with van der Waals surface area (Å²) in [6.07, 6.45) is -0.463. The second-order valence-electron chi connectivity index (χ2n) is 16.6. The molecule has 0 fully saturated rings. The van der Waals surface area contributed by atoms with Crippen LogP contribution in [-0.4, -0.2) is 9.97 Å². The summed E-state index contributed by atoms with van der Waals surface area (Å²) in [6, 6.07) is 68.2. The monoisotopic (exact) mass is 875 g/mol. The van der Waals surface area contributed by atoms with Crippen molar-refractivity contribution in [2.45, 2.75) is 0 Å². The average Bonchev–Trinajstić information content (AvgIpc) is 3.87. The second kappa shape index (κ2) is 16.2. The minimum atomic E-state index is -0.463. The van der Waals surface area contributed by atoms with Crippen LogP contribution < -0.4 is 0 Å². The Morgan fingerprint density at radius 2 is 0.776 bits per heavy atom. The van der Waals surface area contributed by atoms with E-state index in [1.165, 1.54) is 53.6 Å². The maximum atomic E-state index is 9.23. The van der Waals surface area contributed by atoms with E-state index in [1.807, 2.05) is 47.7 Å². The van der Waals surface area contributed by atoms with Crippen LogP contribution in [0.4, 0.5) is 0 Å². The third-order valence-electron chi connectivity index (χ3n) is 12.8. The molecule has 13 aromatic rings. The molecule has 0 amide bonds. The Hall–Kier alpha value is -8.50. The van der Waals surface area contributed by atoms with Crippen LogP contribution >= 0.6 is 11.3 Å². The molecular weight excluding hydrogens is 829 g/mol. The van der Waals surface area contributed by atoms with Crippen LogP contribution in [0.5, 0.6) is 0 Å². The molecular formula is C64H40N2S. The van der Waals surface area contributed by atoms with Crippen LogP contribution in [0.15, 0.2) is 243 Å². The first-order valence-corrected chi connectivity index (χ1v) is 23.1. The van der Waals surface area contributed by atoms with Gasteiger partial charge in [0.25, 0.3) is 0 Å². The van der Waals surface area contributed by atoms with Crippen molar-refractivity contribution in [3.8, 4) is 76.6 Å². The van der Waals surface area contributed by atoms with Gasteiger partial charge in [-0.1, -0.05) is 224 Å². The summed E-state index contributed by atoms with van der Waals surface area (Å²) in [5, 5.41) is 6.35. The fourth-order valence-electron chi connectivity index (χ4n) is 9.86. The SMILES string of the molecule is [2H]c1nc2c(c([2H])c1[2H])c([2H])c([2H])c1c([2H])c([2H])c(-c3ccc(-c4ccc(-c5c(-c6ccccc6)sc(-c6c7ccccc7c(-c7ccccc7)c7ccccc67)c5-c5ccccc5)cc4)c4ccccc34)nc12. The van der Waals surface area contributed by atoms with E-state index in [-0.39, 0.29) is 51.7 Å². The fourth-order valence-corrected chi connectivity index (χ4v) is 11.3. The predicted octanol–water partition coefficient (Wildman–Crippen LogP) is 18.0. The molecule has 0 aliphatic carbocycles. The quantitative estimate of drug-likeness (QED) is 0.118. The lowest BCUT2D eigenvalue weighted by Crippen LogP contribution is -1.92. The van der Waals surface area contributed by atoms with E-state index in [4.69, 9.17) is 13.2 Å². The Morgan fingerprint density at radius 1 is 0.328 bits per heavy atom. The smallest absolute Gasteiger partial charge is 0.0972 e. The average molecular weight is 876 g/mol. The zero-order chi connectivity index (χ0) is 50.4. The molecule has 312 valence electrons. The molecule has 0 saturated carbocycles. The molecule has 0 saturated heterocycles. The molecule has 0 unspecified atom stereocenters. The molecule has 0 N–H and O–H groups in total. The molecule has 2 nitrogen and oxygen atoms in total. The van der Waals surface area contributed by atoms with Gasteiger partial charge in [0.15, 0.2) is 0 Å². The minimum absolute atomic E-state index is 0.00554. The molecule has 0 aliphatic rings. The Morgan fingerprint density at radius 3 is 1.40 bits per heavy atom. The van der Waals surface area contributed by atoms with Gasteiger partial charge >= 0.3 is 0 Å². The van der Waals surface area contributed by atoms with Crippen LogP contribution in [0, 0.1) is 0 Å². The van der Waals surface area contributed by atoms with E-state index < -0.39 is 18.3 Å². The highest BCUT2D eigenvalue weighted by Crippen LogP contribution is 2.56. The van der Waals surface area contributed by atoms with Crippen LogP contribution in [0.2, 0.25) is 0 Å². The van der Waals surface area contributed by atoms with Crippen molar-refractivity contribution in [1.82, 2.24) is 9.97 Å². The number of aromatic nitrogens is 2. The lowest BCUT2D eigenvalue weighted by Gasteiger charge is -2.18. The molecule has 0 atom stereocenters. The highest BCUT2D eigenvalue weighted by molar-refractivity contribution is 7.20. The van der Waals surface area contributed by atoms with E-state index in [1.54, 1.807) is 0 Å². The van der Waals surface area contributed by atoms with Gasteiger partial charge in [-0.2, -0.15) is 0 Å².